The number of pyridine rings is 1. The highest BCUT2D eigenvalue weighted by atomic mass is 16.2. The van der Waals surface area contributed by atoms with Crippen molar-refractivity contribution in [3.8, 4) is 17.9 Å². The second-order valence-electron chi connectivity index (χ2n) is 4.30. The molecule has 1 atom stereocenters. The van der Waals surface area contributed by atoms with Crippen LogP contribution in [0.2, 0.25) is 0 Å². The molecule has 1 rings (SSSR count). The first kappa shape index (κ1) is 15.7. The Hall–Kier alpha value is -2.37. The van der Waals surface area contributed by atoms with Crippen molar-refractivity contribution in [1.29, 1.82) is 5.26 Å². The maximum absolute atomic E-state index is 12.4. The maximum Gasteiger partial charge on any atom is 0.273 e. The lowest BCUT2D eigenvalue weighted by molar-refractivity contribution is 0.0740. The summed E-state index contributed by atoms with van der Waals surface area (Å²) in [7, 11) is 1.64. The van der Waals surface area contributed by atoms with Gasteiger partial charge in [0, 0.05) is 25.7 Å². The van der Waals surface area contributed by atoms with Gasteiger partial charge in [-0.05, 0) is 19.1 Å². The van der Waals surface area contributed by atoms with Crippen LogP contribution in [0.3, 0.4) is 0 Å². The van der Waals surface area contributed by atoms with Crippen molar-refractivity contribution in [1.82, 2.24) is 9.88 Å². The summed E-state index contributed by atoms with van der Waals surface area (Å²) in [5, 5.41) is 17.4. The largest absolute Gasteiger partial charge is 0.395 e. The van der Waals surface area contributed by atoms with Crippen LogP contribution in [-0.4, -0.2) is 40.6 Å². The van der Waals surface area contributed by atoms with Gasteiger partial charge in [-0.25, -0.2) is 4.98 Å². The molecule has 0 spiro atoms. The molecule has 5 heteroatoms. The van der Waals surface area contributed by atoms with E-state index in [0.29, 0.717) is 12.0 Å². The first-order valence-corrected chi connectivity index (χ1v) is 6.30. The third-order valence-corrected chi connectivity index (χ3v) is 2.84. The number of aliphatic hydroxyl groups is 1. The zero-order valence-electron chi connectivity index (χ0n) is 11.6. The van der Waals surface area contributed by atoms with Gasteiger partial charge >= 0.3 is 0 Å². The fourth-order valence-electron chi connectivity index (χ4n) is 1.53. The van der Waals surface area contributed by atoms with Crippen molar-refractivity contribution >= 4 is 5.91 Å². The topological polar surface area (TPSA) is 77.2 Å². The van der Waals surface area contributed by atoms with Crippen LogP contribution in [0.15, 0.2) is 18.3 Å². The molecule has 0 aliphatic carbocycles. The van der Waals surface area contributed by atoms with E-state index in [1.807, 2.05) is 6.07 Å². The van der Waals surface area contributed by atoms with Gasteiger partial charge in [-0.2, -0.15) is 5.26 Å². The Morgan fingerprint density at radius 2 is 2.35 bits per heavy atom. The molecule has 0 saturated heterocycles. The van der Waals surface area contributed by atoms with E-state index in [1.165, 1.54) is 11.1 Å². The van der Waals surface area contributed by atoms with Gasteiger partial charge in [-0.1, -0.05) is 11.8 Å². The summed E-state index contributed by atoms with van der Waals surface area (Å²) in [5.74, 6) is 5.35. The molecule has 0 radical (unpaired) electrons. The molecule has 20 heavy (non-hydrogen) atoms. The molecule has 1 N–H and O–H groups in total. The maximum atomic E-state index is 12.4. The van der Waals surface area contributed by atoms with Crippen molar-refractivity contribution in [3.63, 3.8) is 0 Å². The van der Waals surface area contributed by atoms with Crippen LogP contribution < -0.4 is 0 Å². The molecule has 1 unspecified atom stereocenters. The Balaban J connectivity index is 2.99. The minimum Gasteiger partial charge on any atom is -0.395 e. The van der Waals surface area contributed by atoms with Crippen LogP contribution in [0, 0.1) is 23.2 Å². The Morgan fingerprint density at radius 3 is 3.00 bits per heavy atom. The molecule has 1 aromatic heterocycles. The van der Waals surface area contributed by atoms with Crippen LogP contribution in [0.4, 0.5) is 0 Å². The number of aliphatic hydroxyl groups excluding tert-OH is 1. The predicted octanol–water partition coefficient (Wildman–Crippen LogP) is 1.19. The number of aromatic nitrogens is 1. The van der Waals surface area contributed by atoms with Crippen LogP contribution in [0.5, 0.6) is 0 Å². The molecule has 0 aliphatic heterocycles. The quantitative estimate of drug-likeness (QED) is 0.834. The molecular formula is C15H17N3O2. The highest BCUT2D eigenvalue weighted by Gasteiger charge is 2.20. The number of hydrogen-bond donors (Lipinski definition) is 1. The van der Waals surface area contributed by atoms with Gasteiger partial charge in [0.05, 0.1) is 24.7 Å². The molecule has 0 fully saturated rings. The lowest BCUT2D eigenvalue weighted by Crippen LogP contribution is -2.35. The summed E-state index contributed by atoms with van der Waals surface area (Å²) in [6.45, 7) is 1.79. The summed E-state index contributed by atoms with van der Waals surface area (Å²) in [6, 6.07) is 5.28. The number of hydrogen-bond acceptors (Lipinski definition) is 4. The summed E-state index contributed by atoms with van der Waals surface area (Å²) < 4.78 is 0. The Morgan fingerprint density at radius 1 is 1.60 bits per heavy atom. The van der Waals surface area contributed by atoms with Crippen molar-refractivity contribution in [2.75, 3.05) is 13.7 Å². The van der Waals surface area contributed by atoms with E-state index in [1.54, 1.807) is 26.1 Å². The van der Waals surface area contributed by atoms with E-state index in [-0.39, 0.29) is 30.7 Å². The van der Waals surface area contributed by atoms with Gasteiger partial charge in [0.25, 0.3) is 5.91 Å². The number of nitrogens with zero attached hydrogens (tertiary/aromatic N) is 3. The molecule has 104 valence electrons. The van der Waals surface area contributed by atoms with Gasteiger partial charge in [0.15, 0.2) is 0 Å². The summed E-state index contributed by atoms with van der Waals surface area (Å²) in [4.78, 5) is 17.9. The molecule has 0 aromatic carbocycles. The number of amides is 1. The van der Waals surface area contributed by atoms with Crippen LogP contribution in [-0.2, 0) is 0 Å². The second kappa shape index (κ2) is 7.93. The second-order valence-corrected chi connectivity index (χ2v) is 4.30. The standard InChI is InChI=1S/C15H17N3O2/c1-12(8-9-16)18(2)15(20)14-13(6-3-4-11-19)7-5-10-17-14/h5,7,10,12,19H,4,8,11H2,1-2H3. The number of nitriles is 1. The number of rotatable bonds is 4. The van der Waals surface area contributed by atoms with E-state index < -0.39 is 0 Å². The van der Waals surface area contributed by atoms with Crippen molar-refractivity contribution < 1.29 is 9.90 Å². The highest BCUT2D eigenvalue weighted by molar-refractivity contribution is 5.94. The average Bonchev–Trinajstić information content (AvgIpc) is 2.47. The lowest BCUT2D eigenvalue weighted by atomic mass is 10.1. The minimum absolute atomic E-state index is 0.0182. The Bertz CT molecular complexity index is 566. The Labute approximate surface area is 118 Å². The van der Waals surface area contributed by atoms with Crippen molar-refractivity contribution in [2.24, 2.45) is 0 Å². The summed E-state index contributed by atoms with van der Waals surface area (Å²) in [6.07, 6.45) is 2.15. The molecule has 5 nitrogen and oxygen atoms in total. The van der Waals surface area contributed by atoms with Crippen LogP contribution in [0.25, 0.3) is 0 Å². The zero-order chi connectivity index (χ0) is 15.0. The third kappa shape index (κ3) is 4.08. The smallest absolute Gasteiger partial charge is 0.273 e. The van der Waals surface area contributed by atoms with Crippen molar-refractivity contribution in [2.45, 2.75) is 25.8 Å². The normalized spacial score (nSPS) is 10.9. The van der Waals surface area contributed by atoms with Gasteiger partial charge < -0.3 is 10.0 Å². The lowest BCUT2D eigenvalue weighted by Gasteiger charge is -2.22. The van der Waals surface area contributed by atoms with Gasteiger partial charge in [-0.15, -0.1) is 0 Å². The first-order valence-electron chi connectivity index (χ1n) is 6.30. The fourth-order valence-corrected chi connectivity index (χ4v) is 1.53. The minimum atomic E-state index is -0.262. The average molecular weight is 271 g/mol. The van der Waals surface area contributed by atoms with Gasteiger partial charge in [-0.3, -0.25) is 4.79 Å². The molecule has 1 heterocycles. The van der Waals surface area contributed by atoms with Gasteiger partial charge in [0.2, 0.25) is 0 Å². The summed E-state index contributed by atoms with van der Waals surface area (Å²) in [5.41, 5.74) is 0.798. The molecule has 0 bridgehead atoms. The first-order chi connectivity index (χ1) is 9.61. The molecular weight excluding hydrogens is 254 g/mol. The Kier molecular flexibility index (Phi) is 6.22. The van der Waals surface area contributed by atoms with E-state index >= 15 is 0 Å². The van der Waals surface area contributed by atoms with E-state index in [0.717, 1.165) is 0 Å². The van der Waals surface area contributed by atoms with Crippen LogP contribution >= 0.6 is 0 Å². The fraction of sp³-hybridized carbons (Fsp3) is 0.400. The SMILES string of the molecule is CC(CC#N)N(C)C(=O)c1ncccc1C#CCCO. The third-order valence-electron chi connectivity index (χ3n) is 2.84. The van der Waals surface area contributed by atoms with Crippen LogP contribution in [0.1, 0.15) is 35.8 Å². The highest BCUT2D eigenvalue weighted by Crippen LogP contribution is 2.10. The van der Waals surface area contributed by atoms with E-state index in [9.17, 15) is 4.79 Å². The number of carbonyl (C=O) groups excluding carboxylic acids is 1. The van der Waals surface area contributed by atoms with E-state index in [2.05, 4.69) is 16.8 Å². The molecule has 1 amide bonds. The van der Waals surface area contributed by atoms with Crippen molar-refractivity contribution in [3.05, 3.63) is 29.6 Å². The molecule has 0 aliphatic rings. The number of carbonyl (C=O) groups is 1. The predicted molar refractivity (Wildman–Crippen MR) is 74.6 cm³/mol. The zero-order valence-corrected chi connectivity index (χ0v) is 11.6. The van der Waals surface area contributed by atoms with Gasteiger partial charge in [0.1, 0.15) is 5.69 Å². The molecule has 1 aromatic rings. The monoisotopic (exact) mass is 271 g/mol. The summed E-state index contributed by atoms with van der Waals surface area (Å²) >= 11 is 0. The molecule has 0 saturated carbocycles. The van der Waals surface area contributed by atoms with E-state index in [4.69, 9.17) is 10.4 Å².